The number of hydrogen-bond acceptors (Lipinski definition) is 11. The van der Waals surface area contributed by atoms with Crippen molar-refractivity contribution in [2.24, 2.45) is 11.3 Å². The summed E-state index contributed by atoms with van der Waals surface area (Å²) >= 11 is 6.39. The molecule has 4 amide bonds. The number of morpholine rings is 1. The molecule has 3 N–H and O–H groups in total. The maximum Gasteiger partial charge on any atom is 0.410 e. The van der Waals surface area contributed by atoms with Crippen molar-refractivity contribution >= 4 is 61.1 Å². The van der Waals surface area contributed by atoms with Crippen LogP contribution in [-0.4, -0.2) is 117 Å². The van der Waals surface area contributed by atoms with Crippen LogP contribution in [0.1, 0.15) is 70.9 Å². The minimum absolute atomic E-state index is 0.0393. The quantitative estimate of drug-likeness (QED) is 0.283. The van der Waals surface area contributed by atoms with E-state index >= 15 is 0 Å². The molecule has 19 heteroatoms. The van der Waals surface area contributed by atoms with Crippen molar-refractivity contribution in [1.82, 2.24) is 24.1 Å². The van der Waals surface area contributed by atoms with Gasteiger partial charge in [-0.2, -0.15) is 4.31 Å². The zero-order valence-electron chi connectivity index (χ0n) is 33.0. The van der Waals surface area contributed by atoms with Crippen molar-refractivity contribution in [2.45, 2.75) is 107 Å². The van der Waals surface area contributed by atoms with E-state index in [1.54, 1.807) is 24.3 Å². The van der Waals surface area contributed by atoms with Gasteiger partial charge in [0.05, 0.1) is 36.4 Å². The van der Waals surface area contributed by atoms with Gasteiger partial charge in [-0.3, -0.25) is 24.0 Å². The molecule has 316 valence electrons. The second kappa shape index (κ2) is 15.9. The lowest BCUT2D eigenvalue weighted by atomic mass is 9.85. The Morgan fingerprint density at radius 1 is 1.02 bits per heavy atom. The smallest absolute Gasteiger partial charge is 0.410 e. The lowest BCUT2D eigenvalue weighted by Gasteiger charge is -2.36. The van der Waals surface area contributed by atoms with Gasteiger partial charge >= 0.3 is 6.09 Å². The summed E-state index contributed by atoms with van der Waals surface area (Å²) in [6, 6.07) is 9.38. The van der Waals surface area contributed by atoms with E-state index in [-0.39, 0.29) is 69.6 Å². The number of nitrogens with one attached hydrogen (secondary N) is 3. The number of amides is 4. The molecule has 2 aliphatic carbocycles. The summed E-state index contributed by atoms with van der Waals surface area (Å²) in [5.74, 6) is -2.36. The molecule has 16 nitrogen and oxygen atoms in total. The normalized spacial score (nSPS) is 25.4. The van der Waals surface area contributed by atoms with Gasteiger partial charge in [0.2, 0.25) is 31.9 Å². The summed E-state index contributed by atoms with van der Waals surface area (Å²) in [5, 5.41) is 5.94. The Morgan fingerprint density at radius 2 is 1.72 bits per heavy atom. The SMILES string of the molecule is CC[C@@H]1CC1(NC(=O)[C@@H]1C[C@@H](OC(=O)N2Cc3cccc(Cl)c3C2)CN1C(=O)[C@@H](Nc1cccc(S(=O)(=O)N2CCOCC2)c1)C(C)(C)C)C(=O)NS(=O)(=O)C1CC1. The third kappa shape index (κ3) is 8.53. The average molecular weight is 863 g/mol. The fourth-order valence-corrected chi connectivity index (χ4v) is 11.1. The molecule has 58 heavy (non-hydrogen) atoms. The van der Waals surface area contributed by atoms with E-state index in [1.807, 2.05) is 33.8 Å². The predicted molar refractivity (Wildman–Crippen MR) is 213 cm³/mol. The molecule has 5 atom stereocenters. The van der Waals surface area contributed by atoms with Crippen LogP contribution in [0.3, 0.4) is 0 Å². The Bertz CT molecular complexity index is 2190. The number of halogens is 1. The molecule has 7 rings (SSSR count). The Morgan fingerprint density at radius 3 is 2.36 bits per heavy atom. The molecule has 0 spiro atoms. The molecule has 4 fully saturated rings. The molecule has 2 aromatic rings. The van der Waals surface area contributed by atoms with Crippen LogP contribution in [0.2, 0.25) is 5.02 Å². The molecule has 2 saturated carbocycles. The molecule has 2 aromatic carbocycles. The van der Waals surface area contributed by atoms with Gasteiger partial charge in [-0.05, 0) is 66.0 Å². The monoisotopic (exact) mass is 862 g/mol. The fraction of sp³-hybridized carbons (Fsp3) is 0.590. The minimum Gasteiger partial charge on any atom is -0.444 e. The number of carbonyl (C=O) groups excluding carboxylic acids is 4. The van der Waals surface area contributed by atoms with Crippen LogP contribution in [0.15, 0.2) is 47.4 Å². The molecular weight excluding hydrogens is 812 g/mol. The molecule has 0 aromatic heterocycles. The van der Waals surface area contributed by atoms with Crippen LogP contribution in [-0.2, 0) is 57.0 Å². The molecule has 0 radical (unpaired) electrons. The molecule has 3 aliphatic heterocycles. The van der Waals surface area contributed by atoms with Crippen LogP contribution in [0, 0.1) is 11.3 Å². The zero-order valence-corrected chi connectivity index (χ0v) is 35.4. The van der Waals surface area contributed by atoms with E-state index in [1.165, 1.54) is 26.2 Å². The number of likely N-dealkylation sites (tertiary alicyclic amines) is 1. The number of nitrogens with zero attached hydrogens (tertiary/aromatic N) is 3. The first-order valence-electron chi connectivity index (χ1n) is 19.7. The second-order valence-electron chi connectivity index (χ2n) is 16.9. The van der Waals surface area contributed by atoms with Crippen LogP contribution in [0.4, 0.5) is 10.5 Å². The Hall–Kier alpha value is -3.97. The number of fused-ring (bicyclic) bond motifs is 1. The van der Waals surface area contributed by atoms with Crippen molar-refractivity contribution in [3.8, 4) is 0 Å². The summed E-state index contributed by atoms with van der Waals surface area (Å²) in [4.78, 5) is 59.3. The minimum atomic E-state index is -3.91. The number of benzene rings is 2. The second-order valence-corrected chi connectivity index (χ2v) is 21.2. The van der Waals surface area contributed by atoms with Crippen molar-refractivity contribution in [3.63, 3.8) is 0 Å². The van der Waals surface area contributed by atoms with Crippen LogP contribution < -0.4 is 15.4 Å². The van der Waals surface area contributed by atoms with Crippen LogP contribution >= 0.6 is 11.6 Å². The van der Waals surface area contributed by atoms with E-state index in [9.17, 15) is 36.0 Å². The maximum absolute atomic E-state index is 14.8. The summed E-state index contributed by atoms with van der Waals surface area (Å²) < 4.78 is 67.4. The lowest BCUT2D eigenvalue weighted by Crippen LogP contribution is -2.58. The van der Waals surface area contributed by atoms with Gasteiger partial charge in [0.1, 0.15) is 23.7 Å². The number of hydrogen-bond donors (Lipinski definition) is 3. The summed E-state index contributed by atoms with van der Waals surface area (Å²) in [6.07, 6.45) is -0.0571. The van der Waals surface area contributed by atoms with E-state index < -0.39 is 78.3 Å². The Kier molecular flexibility index (Phi) is 11.6. The number of carbonyl (C=O) groups is 4. The summed E-state index contributed by atoms with van der Waals surface area (Å²) in [7, 11) is -7.77. The molecule has 5 aliphatic rings. The van der Waals surface area contributed by atoms with Gasteiger partial charge in [0, 0.05) is 36.8 Å². The standard InChI is InChI=1S/C39H51ClN6O10S2/c1-5-25-20-39(25,36(49)43-57(51,52)28-12-13-28)42-34(47)32-19-27(56-37(50)44-21-24-8-6-11-31(40)30(24)23-44)22-46(32)35(48)33(38(2,3)4)41-26-9-7-10-29(18-26)58(53,54)45-14-16-55-17-15-45/h6-11,18,25,27-28,32-33,41H,5,12-17,19-23H2,1-4H3,(H,42,47)(H,43,49)/t25-,27-,32+,33-,39?/m1/s1. The fourth-order valence-electron chi connectivity index (χ4n) is 8.06. The molecule has 2 saturated heterocycles. The van der Waals surface area contributed by atoms with Gasteiger partial charge < -0.3 is 25.0 Å². The van der Waals surface area contributed by atoms with Crippen LogP contribution in [0.25, 0.3) is 0 Å². The van der Waals surface area contributed by atoms with Crippen LogP contribution in [0.5, 0.6) is 0 Å². The lowest BCUT2D eigenvalue weighted by molar-refractivity contribution is -0.141. The van der Waals surface area contributed by atoms with E-state index in [4.69, 9.17) is 21.1 Å². The van der Waals surface area contributed by atoms with Gasteiger partial charge in [-0.1, -0.05) is 63.9 Å². The summed E-state index contributed by atoms with van der Waals surface area (Å²) in [6.45, 7) is 8.64. The summed E-state index contributed by atoms with van der Waals surface area (Å²) in [5.41, 5.74) is -0.243. The Labute approximate surface area is 344 Å². The highest BCUT2D eigenvalue weighted by Gasteiger charge is 2.62. The largest absolute Gasteiger partial charge is 0.444 e. The molecule has 0 bridgehead atoms. The number of anilines is 1. The molecule has 1 unspecified atom stereocenters. The number of sulfonamides is 2. The molecular formula is C39H51ClN6O10S2. The third-order valence-electron chi connectivity index (χ3n) is 11.7. The van der Waals surface area contributed by atoms with E-state index in [2.05, 4.69) is 15.4 Å². The highest BCUT2D eigenvalue weighted by Crippen LogP contribution is 2.47. The van der Waals surface area contributed by atoms with Crippen molar-refractivity contribution in [1.29, 1.82) is 0 Å². The zero-order chi connectivity index (χ0) is 41.8. The number of rotatable bonds is 12. The highest BCUT2D eigenvalue weighted by molar-refractivity contribution is 7.91. The van der Waals surface area contributed by atoms with Crippen molar-refractivity contribution in [3.05, 3.63) is 58.6 Å². The first-order chi connectivity index (χ1) is 27.3. The van der Waals surface area contributed by atoms with E-state index in [0.717, 1.165) is 11.1 Å². The van der Waals surface area contributed by atoms with Gasteiger partial charge in [-0.15, -0.1) is 0 Å². The third-order valence-corrected chi connectivity index (χ3v) is 15.8. The predicted octanol–water partition coefficient (Wildman–Crippen LogP) is 3.20. The average Bonchev–Trinajstić information content (AvgIpc) is 4.07. The van der Waals surface area contributed by atoms with E-state index in [0.29, 0.717) is 30.0 Å². The first-order valence-corrected chi connectivity index (χ1v) is 23.1. The van der Waals surface area contributed by atoms with Gasteiger partial charge in [0.15, 0.2) is 0 Å². The Balaban J connectivity index is 1.14. The van der Waals surface area contributed by atoms with Gasteiger partial charge in [0.25, 0.3) is 5.91 Å². The van der Waals surface area contributed by atoms with Crippen molar-refractivity contribution in [2.75, 3.05) is 38.2 Å². The molecule has 3 heterocycles. The van der Waals surface area contributed by atoms with Gasteiger partial charge in [-0.25, -0.2) is 21.6 Å². The maximum atomic E-state index is 14.8. The number of ether oxygens (including phenoxy) is 2. The highest BCUT2D eigenvalue weighted by atomic mass is 35.5. The first kappa shape index (κ1) is 42.2. The topological polar surface area (TPSA) is 201 Å². The van der Waals surface area contributed by atoms with Crippen molar-refractivity contribution < 1.29 is 45.5 Å².